The van der Waals surface area contributed by atoms with E-state index in [1.165, 1.54) is 28.1 Å². The first-order valence-electron chi connectivity index (χ1n) is 7.07. The Morgan fingerprint density at radius 3 is 2.95 bits per heavy atom. The van der Waals surface area contributed by atoms with Crippen molar-refractivity contribution in [3.63, 3.8) is 0 Å². The zero-order valence-corrected chi connectivity index (χ0v) is 11.8. The van der Waals surface area contributed by atoms with Gasteiger partial charge in [0.05, 0.1) is 21.1 Å². The number of aromatic nitrogens is 1. The summed E-state index contributed by atoms with van der Waals surface area (Å²) in [4.78, 5) is 15.7. The summed E-state index contributed by atoms with van der Waals surface area (Å²) in [5.74, 6) is -0.272. The zero-order chi connectivity index (χ0) is 13.7. The molecule has 1 aliphatic heterocycles. The molecule has 1 aromatic carbocycles. The summed E-state index contributed by atoms with van der Waals surface area (Å²) >= 11 is 1.79. The number of nitrogens with zero attached hydrogens (tertiary/aromatic N) is 1. The average Bonchev–Trinajstić information content (AvgIpc) is 3.02. The Hall–Kier alpha value is -1.46. The Morgan fingerprint density at radius 2 is 2.25 bits per heavy atom. The predicted molar refractivity (Wildman–Crippen MR) is 78.1 cm³/mol. The molecule has 1 saturated carbocycles. The molecule has 0 radical (unpaired) electrons. The Bertz CT molecular complexity index is 678. The highest BCUT2D eigenvalue weighted by atomic mass is 32.1. The third-order valence-corrected chi connectivity index (χ3v) is 5.42. The molecule has 2 fully saturated rings. The van der Waals surface area contributed by atoms with Gasteiger partial charge in [0.2, 0.25) is 0 Å². The number of aliphatic carboxylic acids is 1. The topological polar surface area (TPSA) is 62.2 Å². The molecule has 0 spiro atoms. The minimum atomic E-state index is -0.699. The average molecular weight is 288 g/mol. The van der Waals surface area contributed by atoms with Crippen LogP contribution in [0.5, 0.6) is 0 Å². The largest absolute Gasteiger partial charge is 0.481 e. The van der Waals surface area contributed by atoms with Gasteiger partial charge in [0.15, 0.2) is 0 Å². The molecule has 2 atom stereocenters. The molecule has 2 aromatic rings. The first-order valence-corrected chi connectivity index (χ1v) is 7.89. The highest BCUT2D eigenvalue weighted by Gasteiger charge is 2.31. The van der Waals surface area contributed by atoms with E-state index in [1.807, 2.05) is 0 Å². The molecule has 2 heterocycles. The molecule has 104 valence electrons. The lowest BCUT2D eigenvalue weighted by molar-refractivity contribution is -0.141. The molecule has 4 nitrogen and oxygen atoms in total. The van der Waals surface area contributed by atoms with E-state index in [2.05, 4.69) is 28.5 Å². The van der Waals surface area contributed by atoms with E-state index in [1.54, 1.807) is 11.3 Å². The van der Waals surface area contributed by atoms with E-state index >= 15 is 0 Å². The molecule has 5 heteroatoms. The van der Waals surface area contributed by atoms with Gasteiger partial charge in [-0.2, -0.15) is 0 Å². The van der Waals surface area contributed by atoms with Crippen molar-refractivity contribution in [1.82, 2.24) is 10.3 Å². The third kappa shape index (κ3) is 2.11. The quantitative estimate of drug-likeness (QED) is 0.911. The van der Waals surface area contributed by atoms with E-state index in [4.69, 9.17) is 5.11 Å². The van der Waals surface area contributed by atoms with Gasteiger partial charge in [0.25, 0.3) is 0 Å². The van der Waals surface area contributed by atoms with Crippen molar-refractivity contribution in [3.05, 3.63) is 28.8 Å². The monoisotopic (exact) mass is 288 g/mol. The highest BCUT2D eigenvalue weighted by molar-refractivity contribution is 7.18. The number of hydrogen-bond donors (Lipinski definition) is 2. The van der Waals surface area contributed by atoms with Gasteiger partial charge in [-0.05, 0) is 37.0 Å². The smallest absolute Gasteiger partial charge is 0.307 e. The summed E-state index contributed by atoms with van der Waals surface area (Å²) in [7, 11) is 0. The summed E-state index contributed by atoms with van der Waals surface area (Å²) < 4.78 is 1.23. The fourth-order valence-corrected chi connectivity index (χ4v) is 4.04. The van der Waals surface area contributed by atoms with Crippen LogP contribution in [-0.2, 0) is 4.79 Å². The molecule has 0 bridgehead atoms. The number of nitrogens with one attached hydrogen (secondary N) is 1. The van der Waals surface area contributed by atoms with E-state index in [9.17, 15) is 4.79 Å². The van der Waals surface area contributed by atoms with Gasteiger partial charge in [0.1, 0.15) is 0 Å². The molecule has 1 saturated heterocycles. The first kappa shape index (κ1) is 12.3. The van der Waals surface area contributed by atoms with Crippen LogP contribution in [0.15, 0.2) is 18.2 Å². The van der Waals surface area contributed by atoms with E-state index < -0.39 is 5.97 Å². The van der Waals surface area contributed by atoms with Crippen LogP contribution in [-0.4, -0.2) is 22.6 Å². The maximum Gasteiger partial charge on any atom is 0.307 e. The second-order valence-corrected chi connectivity index (χ2v) is 6.85. The van der Waals surface area contributed by atoms with Crippen molar-refractivity contribution in [3.8, 4) is 0 Å². The Labute approximate surface area is 120 Å². The first-order chi connectivity index (χ1) is 9.70. The normalized spacial score (nSPS) is 26.2. The standard InChI is InChI=1S/C15H16N2O2S/c18-15(19)10-5-12(16-7-10)9-3-4-11-13(6-9)20-14(17-11)8-1-2-8/h3-4,6,8,10,12,16H,1-2,5,7H2,(H,18,19). The van der Waals surface area contributed by atoms with E-state index in [0.29, 0.717) is 18.9 Å². The van der Waals surface area contributed by atoms with Crippen molar-refractivity contribution < 1.29 is 9.90 Å². The van der Waals surface area contributed by atoms with Crippen LogP contribution in [0.3, 0.4) is 0 Å². The zero-order valence-electron chi connectivity index (χ0n) is 11.0. The van der Waals surface area contributed by atoms with Crippen LogP contribution in [0, 0.1) is 5.92 Å². The summed E-state index contributed by atoms with van der Waals surface area (Å²) in [6.07, 6.45) is 3.23. The summed E-state index contributed by atoms with van der Waals surface area (Å²) in [6.45, 7) is 0.564. The highest BCUT2D eigenvalue weighted by Crippen LogP contribution is 2.43. The molecule has 4 rings (SSSR count). The number of fused-ring (bicyclic) bond motifs is 1. The molecular formula is C15H16N2O2S. The van der Waals surface area contributed by atoms with Crippen LogP contribution < -0.4 is 5.32 Å². The maximum absolute atomic E-state index is 11.0. The molecule has 1 aromatic heterocycles. The lowest BCUT2D eigenvalue weighted by Gasteiger charge is -2.10. The molecule has 2 N–H and O–H groups in total. The van der Waals surface area contributed by atoms with Gasteiger partial charge < -0.3 is 10.4 Å². The van der Waals surface area contributed by atoms with Crippen LogP contribution in [0.1, 0.15) is 41.8 Å². The van der Waals surface area contributed by atoms with Gasteiger partial charge in [-0.15, -0.1) is 11.3 Å². The SMILES string of the molecule is O=C(O)C1CNC(c2ccc3nc(C4CC4)sc3c2)C1. The molecular weight excluding hydrogens is 272 g/mol. The van der Waals surface area contributed by atoms with E-state index in [-0.39, 0.29) is 12.0 Å². The molecule has 1 aliphatic carbocycles. The summed E-state index contributed by atoms with van der Waals surface area (Å²) in [5, 5.41) is 13.7. The van der Waals surface area contributed by atoms with Gasteiger partial charge in [-0.25, -0.2) is 4.98 Å². The van der Waals surface area contributed by atoms with E-state index in [0.717, 1.165) is 5.52 Å². The van der Waals surface area contributed by atoms with Crippen LogP contribution in [0.25, 0.3) is 10.2 Å². The van der Waals surface area contributed by atoms with Crippen molar-refractivity contribution >= 4 is 27.5 Å². The number of carbonyl (C=O) groups is 1. The number of thiazole rings is 1. The fraction of sp³-hybridized carbons (Fsp3) is 0.467. The Kier molecular flexibility index (Phi) is 2.79. The molecule has 0 amide bonds. The third-order valence-electron chi connectivity index (χ3n) is 4.24. The predicted octanol–water partition coefficient (Wildman–Crippen LogP) is 2.91. The van der Waals surface area contributed by atoms with Crippen molar-refractivity contribution in [1.29, 1.82) is 0 Å². The minimum absolute atomic E-state index is 0.159. The summed E-state index contributed by atoms with van der Waals surface area (Å²) in [5.41, 5.74) is 2.26. The van der Waals surface area contributed by atoms with Crippen molar-refractivity contribution in [2.24, 2.45) is 5.92 Å². The number of rotatable bonds is 3. The van der Waals surface area contributed by atoms with Gasteiger partial charge in [-0.3, -0.25) is 4.79 Å². The van der Waals surface area contributed by atoms with Crippen molar-refractivity contribution in [2.45, 2.75) is 31.2 Å². The second kappa shape index (κ2) is 4.53. The van der Waals surface area contributed by atoms with Gasteiger partial charge >= 0.3 is 5.97 Å². The Balaban J connectivity index is 1.62. The lowest BCUT2D eigenvalue weighted by Crippen LogP contribution is -2.17. The van der Waals surface area contributed by atoms with Crippen molar-refractivity contribution in [2.75, 3.05) is 6.54 Å². The second-order valence-electron chi connectivity index (χ2n) is 5.79. The minimum Gasteiger partial charge on any atom is -0.481 e. The number of benzene rings is 1. The molecule has 2 unspecified atom stereocenters. The number of carboxylic acids is 1. The lowest BCUT2D eigenvalue weighted by atomic mass is 10.0. The fourth-order valence-electron chi connectivity index (χ4n) is 2.86. The van der Waals surface area contributed by atoms with Crippen LogP contribution in [0.2, 0.25) is 0 Å². The number of hydrogen-bond acceptors (Lipinski definition) is 4. The molecule has 2 aliphatic rings. The maximum atomic E-state index is 11.0. The number of carboxylic acid groups (broad SMARTS) is 1. The van der Waals surface area contributed by atoms with Crippen LogP contribution >= 0.6 is 11.3 Å². The summed E-state index contributed by atoms with van der Waals surface area (Å²) in [6, 6.07) is 6.50. The molecule has 20 heavy (non-hydrogen) atoms. The van der Waals surface area contributed by atoms with Gasteiger partial charge in [0, 0.05) is 18.5 Å². The van der Waals surface area contributed by atoms with Crippen LogP contribution in [0.4, 0.5) is 0 Å². The Morgan fingerprint density at radius 1 is 1.40 bits per heavy atom. The van der Waals surface area contributed by atoms with Gasteiger partial charge in [-0.1, -0.05) is 6.07 Å².